The maximum Gasteiger partial charge on any atom is 0.227 e. The smallest absolute Gasteiger partial charge is 0.227 e. The van der Waals surface area contributed by atoms with Crippen LogP contribution in [0.25, 0.3) is 11.3 Å². The Morgan fingerprint density at radius 2 is 1.94 bits per heavy atom. The largest absolute Gasteiger partial charge is 0.395 e. The summed E-state index contributed by atoms with van der Waals surface area (Å²) in [6.45, 7) is 7.51. The van der Waals surface area contributed by atoms with Gasteiger partial charge in [0.15, 0.2) is 0 Å². The van der Waals surface area contributed by atoms with E-state index < -0.39 is 0 Å². The van der Waals surface area contributed by atoms with E-state index in [2.05, 4.69) is 38.2 Å². The molecule has 1 spiro atoms. The normalized spacial score (nSPS) is 22.4. The van der Waals surface area contributed by atoms with Gasteiger partial charge in [0.2, 0.25) is 5.95 Å². The Morgan fingerprint density at radius 3 is 2.72 bits per heavy atom. The van der Waals surface area contributed by atoms with Crippen LogP contribution in [0.5, 0.6) is 0 Å². The van der Waals surface area contributed by atoms with Gasteiger partial charge in [0.05, 0.1) is 18.0 Å². The van der Waals surface area contributed by atoms with Crippen molar-refractivity contribution in [2.75, 3.05) is 43.1 Å². The van der Waals surface area contributed by atoms with Gasteiger partial charge in [-0.1, -0.05) is 6.92 Å². The van der Waals surface area contributed by atoms with E-state index in [9.17, 15) is 5.11 Å². The highest BCUT2D eigenvalue weighted by Gasteiger charge is 2.44. The molecule has 3 aliphatic rings. The number of halogens is 1. The van der Waals surface area contributed by atoms with Crippen molar-refractivity contribution in [2.45, 2.75) is 44.9 Å². The van der Waals surface area contributed by atoms with Gasteiger partial charge >= 0.3 is 0 Å². The van der Waals surface area contributed by atoms with E-state index in [1.54, 1.807) is 12.3 Å². The number of benzene rings is 1. The summed E-state index contributed by atoms with van der Waals surface area (Å²) >= 11 is 0. The van der Waals surface area contributed by atoms with Crippen LogP contribution in [-0.4, -0.2) is 53.0 Å². The van der Waals surface area contributed by atoms with Crippen LogP contribution in [0, 0.1) is 18.2 Å². The monoisotopic (exact) mass is 489 g/mol. The van der Waals surface area contributed by atoms with E-state index in [0.29, 0.717) is 17.3 Å². The average molecular weight is 490 g/mol. The first kappa shape index (κ1) is 23.3. The summed E-state index contributed by atoms with van der Waals surface area (Å²) in [5.41, 5.74) is 5.97. The molecule has 1 aliphatic carbocycles. The first-order valence-electron chi connectivity index (χ1n) is 12.7. The number of aliphatic hydroxyl groups is 1. The fourth-order valence-corrected chi connectivity index (χ4v) is 5.85. The zero-order chi connectivity index (χ0) is 24.9. The minimum Gasteiger partial charge on any atom is -0.395 e. The second kappa shape index (κ2) is 8.78. The summed E-state index contributed by atoms with van der Waals surface area (Å²) in [6, 6.07) is 7.37. The maximum atomic E-state index is 15.2. The molecule has 2 aliphatic heterocycles. The van der Waals surface area contributed by atoms with E-state index in [1.807, 2.05) is 25.3 Å². The molecule has 0 amide bonds. The summed E-state index contributed by atoms with van der Waals surface area (Å²) < 4.78 is 20.7. The highest BCUT2D eigenvalue weighted by atomic mass is 19.1. The van der Waals surface area contributed by atoms with Crippen molar-refractivity contribution in [1.82, 2.24) is 15.0 Å². The lowest BCUT2D eigenvalue weighted by Gasteiger charge is -2.53. The molecule has 6 rings (SSSR count). The fourth-order valence-electron chi connectivity index (χ4n) is 5.85. The SMILES string of the molecule is Cc1cc(N2CC3(CCOCC3)C2)c(F)cc1Nc1nccc(-c2cnc3c(c2)C(C)(CO)CC3)n1. The zero-order valence-electron chi connectivity index (χ0n) is 20.9. The number of aromatic nitrogens is 3. The number of anilines is 3. The summed E-state index contributed by atoms with van der Waals surface area (Å²) in [5, 5.41) is 13.1. The first-order chi connectivity index (χ1) is 17.4. The van der Waals surface area contributed by atoms with Crippen molar-refractivity contribution < 1.29 is 14.2 Å². The number of fused-ring (bicyclic) bond motifs is 1. The van der Waals surface area contributed by atoms with Crippen LogP contribution < -0.4 is 10.2 Å². The number of rotatable bonds is 5. The van der Waals surface area contributed by atoms with Crippen LogP contribution in [0.4, 0.5) is 21.7 Å². The Labute approximate surface area is 210 Å². The van der Waals surface area contributed by atoms with Gasteiger partial charge in [0.25, 0.3) is 0 Å². The Bertz CT molecular complexity index is 1300. The summed E-state index contributed by atoms with van der Waals surface area (Å²) in [7, 11) is 0. The van der Waals surface area contributed by atoms with Crippen molar-refractivity contribution in [3.05, 3.63) is 59.3 Å². The van der Waals surface area contributed by atoms with E-state index in [1.165, 1.54) is 0 Å². The standard InChI is InChI=1S/C28H32FN5O2/c1-18-11-25(34-15-28(16-34)6-9-36-10-7-28)21(29)13-24(18)33-26-30-8-4-22(32-26)19-12-20-23(31-14-19)3-5-27(20,2)17-35/h4,8,11-14,35H,3,5-7,9-10,15-17H2,1-2H3,(H,30,32,33). The molecule has 36 heavy (non-hydrogen) atoms. The molecule has 3 aromatic rings. The molecule has 2 aromatic heterocycles. The van der Waals surface area contributed by atoms with Crippen LogP contribution in [0.2, 0.25) is 0 Å². The van der Waals surface area contributed by atoms with Crippen LogP contribution in [0.3, 0.4) is 0 Å². The Balaban J connectivity index is 1.21. The molecule has 8 heteroatoms. The number of hydrogen-bond donors (Lipinski definition) is 2. The van der Waals surface area contributed by atoms with Crippen LogP contribution >= 0.6 is 0 Å². The number of nitrogens with one attached hydrogen (secondary N) is 1. The van der Waals surface area contributed by atoms with Gasteiger partial charge in [0, 0.05) is 66.5 Å². The van der Waals surface area contributed by atoms with E-state index in [-0.39, 0.29) is 23.3 Å². The van der Waals surface area contributed by atoms with E-state index >= 15 is 4.39 Å². The molecule has 2 saturated heterocycles. The number of pyridine rings is 1. The van der Waals surface area contributed by atoms with E-state index in [4.69, 9.17) is 4.74 Å². The average Bonchev–Trinajstić information content (AvgIpc) is 3.22. The molecule has 1 aromatic carbocycles. The second-order valence-corrected chi connectivity index (χ2v) is 10.9. The molecule has 1 atom stereocenters. The first-order valence-corrected chi connectivity index (χ1v) is 12.7. The predicted octanol–water partition coefficient (Wildman–Crippen LogP) is 4.54. The summed E-state index contributed by atoms with van der Waals surface area (Å²) in [5.74, 6) is 0.158. The third kappa shape index (κ3) is 4.02. The van der Waals surface area contributed by atoms with Crippen molar-refractivity contribution in [1.29, 1.82) is 0 Å². The summed E-state index contributed by atoms with van der Waals surface area (Å²) in [4.78, 5) is 15.8. The van der Waals surface area contributed by atoms with E-state index in [0.717, 1.165) is 80.1 Å². The zero-order valence-corrected chi connectivity index (χ0v) is 20.9. The number of aryl methyl sites for hydroxylation is 2. The Morgan fingerprint density at radius 1 is 1.14 bits per heavy atom. The molecule has 188 valence electrons. The molecular weight excluding hydrogens is 457 g/mol. The molecule has 4 heterocycles. The van der Waals surface area contributed by atoms with Gasteiger partial charge in [-0.15, -0.1) is 0 Å². The van der Waals surface area contributed by atoms with Crippen molar-refractivity contribution in [3.8, 4) is 11.3 Å². The topological polar surface area (TPSA) is 83.4 Å². The van der Waals surface area contributed by atoms with Crippen molar-refractivity contribution in [2.24, 2.45) is 5.41 Å². The molecule has 0 bridgehead atoms. The summed E-state index contributed by atoms with van der Waals surface area (Å²) in [6.07, 6.45) is 7.38. The van der Waals surface area contributed by atoms with Gasteiger partial charge in [-0.3, -0.25) is 4.98 Å². The number of hydrogen-bond acceptors (Lipinski definition) is 7. The highest BCUT2D eigenvalue weighted by Crippen LogP contribution is 2.44. The molecule has 2 N–H and O–H groups in total. The molecule has 7 nitrogen and oxygen atoms in total. The lowest BCUT2D eigenvalue weighted by atomic mass is 9.73. The van der Waals surface area contributed by atoms with Gasteiger partial charge in [-0.05, 0) is 68.0 Å². The Hall–Kier alpha value is -3.10. The third-order valence-electron chi connectivity index (χ3n) is 8.32. The fraction of sp³-hybridized carbons (Fsp3) is 0.464. The van der Waals surface area contributed by atoms with Crippen LogP contribution in [0.15, 0.2) is 36.7 Å². The predicted molar refractivity (Wildman–Crippen MR) is 137 cm³/mol. The lowest BCUT2D eigenvalue weighted by molar-refractivity contribution is -0.000389. The molecule has 2 fully saturated rings. The Kier molecular flexibility index (Phi) is 5.68. The molecular formula is C28H32FN5O2. The van der Waals surface area contributed by atoms with Crippen molar-refractivity contribution >= 4 is 17.3 Å². The van der Waals surface area contributed by atoms with Crippen LogP contribution in [-0.2, 0) is 16.6 Å². The van der Waals surface area contributed by atoms with Crippen molar-refractivity contribution in [3.63, 3.8) is 0 Å². The van der Waals surface area contributed by atoms with Gasteiger partial charge in [-0.25, -0.2) is 14.4 Å². The number of ether oxygens (including phenoxy) is 1. The number of nitrogens with zero attached hydrogens (tertiary/aromatic N) is 4. The van der Waals surface area contributed by atoms with Gasteiger partial charge in [-0.2, -0.15) is 0 Å². The third-order valence-corrected chi connectivity index (χ3v) is 8.32. The molecule has 1 unspecified atom stereocenters. The minimum absolute atomic E-state index is 0.0926. The maximum absolute atomic E-state index is 15.2. The minimum atomic E-state index is -0.274. The number of aliphatic hydroxyl groups excluding tert-OH is 1. The highest BCUT2D eigenvalue weighted by molar-refractivity contribution is 5.67. The van der Waals surface area contributed by atoms with Gasteiger partial charge < -0.3 is 20.1 Å². The lowest BCUT2D eigenvalue weighted by Crippen LogP contribution is -2.58. The quantitative estimate of drug-likeness (QED) is 0.544. The second-order valence-electron chi connectivity index (χ2n) is 10.9. The molecule has 0 saturated carbocycles. The van der Waals surface area contributed by atoms with Gasteiger partial charge in [0.1, 0.15) is 5.82 Å². The molecule has 0 radical (unpaired) electrons. The van der Waals surface area contributed by atoms with Crippen LogP contribution in [0.1, 0.15) is 43.0 Å².